The van der Waals surface area contributed by atoms with Crippen LogP contribution in [0.3, 0.4) is 0 Å². The molecule has 0 radical (unpaired) electrons. The fourth-order valence-electron chi connectivity index (χ4n) is 2.18. The van der Waals surface area contributed by atoms with E-state index in [0.717, 1.165) is 12.2 Å². The highest BCUT2D eigenvalue weighted by Gasteiger charge is 1.99. The first kappa shape index (κ1) is 12.5. The third kappa shape index (κ3) is 3.27. The number of hydrogen-bond donors (Lipinski definition) is 0. The second-order valence-corrected chi connectivity index (χ2v) is 4.75. The molecule has 98 valence electrons. The molecule has 0 atom stereocenters. The SMILES string of the molecule is C(=C\c1cccc(Cc2ccco2)c1)/c1ccccc1. The van der Waals surface area contributed by atoms with Gasteiger partial charge in [0.15, 0.2) is 0 Å². The van der Waals surface area contributed by atoms with Gasteiger partial charge in [0, 0.05) is 6.42 Å². The van der Waals surface area contributed by atoms with Gasteiger partial charge in [-0.2, -0.15) is 0 Å². The lowest BCUT2D eigenvalue weighted by Crippen LogP contribution is -1.86. The van der Waals surface area contributed by atoms with Crippen LogP contribution in [-0.4, -0.2) is 0 Å². The lowest BCUT2D eigenvalue weighted by atomic mass is 10.1. The van der Waals surface area contributed by atoms with Crippen molar-refractivity contribution in [1.82, 2.24) is 0 Å². The summed E-state index contributed by atoms with van der Waals surface area (Å²) in [5, 5.41) is 0. The molecule has 0 amide bonds. The van der Waals surface area contributed by atoms with Crippen LogP contribution in [0.4, 0.5) is 0 Å². The lowest BCUT2D eigenvalue weighted by molar-refractivity contribution is 0.521. The fourth-order valence-corrected chi connectivity index (χ4v) is 2.18. The van der Waals surface area contributed by atoms with Crippen LogP contribution < -0.4 is 0 Å². The van der Waals surface area contributed by atoms with E-state index < -0.39 is 0 Å². The van der Waals surface area contributed by atoms with Crippen LogP contribution in [0.15, 0.2) is 77.4 Å². The van der Waals surface area contributed by atoms with Crippen LogP contribution in [0.2, 0.25) is 0 Å². The van der Waals surface area contributed by atoms with Crippen molar-refractivity contribution in [2.75, 3.05) is 0 Å². The summed E-state index contributed by atoms with van der Waals surface area (Å²) in [7, 11) is 0. The van der Waals surface area contributed by atoms with E-state index in [1.165, 1.54) is 16.7 Å². The van der Waals surface area contributed by atoms with Gasteiger partial charge < -0.3 is 4.42 Å². The Bertz CT molecular complexity index is 679. The molecule has 20 heavy (non-hydrogen) atoms. The Labute approximate surface area is 119 Å². The van der Waals surface area contributed by atoms with Crippen LogP contribution in [-0.2, 0) is 6.42 Å². The number of furan rings is 1. The van der Waals surface area contributed by atoms with Gasteiger partial charge in [-0.3, -0.25) is 0 Å². The molecule has 1 heteroatoms. The summed E-state index contributed by atoms with van der Waals surface area (Å²) in [6.45, 7) is 0. The van der Waals surface area contributed by atoms with Gasteiger partial charge in [-0.1, -0.05) is 66.7 Å². The van der Waals surface area contributed by atoms with Crippen molar-refractivity contribution in [2.24, 2.45) is 0 Å². The monoisotopic (exact) mass is 260 g/mol. The summed E-state index contributed by atoms with van der Waals surface area (Å²) in [5.74, 6) is 0.995. The van der Waals surface area contributed by atoms with Gasteiger partial charge in [-0.25, -0.2) is 0 Å². The van der Waals surface area contributed by atoms with Gasteiger partial charge in [-0.05, 0) is 28.8 Å². The smallest absolute Gasteiger partial charge is 0.108 e. The van der Waals surface area contributed by atoms with Gasteiger partial charge in [0.1, 0.15) is 5.76 Å². The Morgan fingerprint density at radius 1 is 0.750 bits per heavy atom. The predicted octanol–water partition coefficient (Wildman–Crippen LogP) is 5.04. The van der Waals surface area contributed by atoms with Gasteiger partial charge in [0.05, 0.1) is 6.26 Å². The Morgan fingerprint density at radius 2 is 1.55 bits per heavy atom. The van der Waals surface area contributed by atoms with Crippen molar-refractivity contribution in [3.63, 3.8) is 0 Å². The van der Waals surface area contributed by atoms with Gasteiger partial charge in [-0.15, -0.1) is 0 Å². The minimum absolute atomic E-state index is 0.833. The Kier molecular flexibility index (Phi) is 3.79. The molecule has 0 spiro atoms. The third-order valence-electron chi connectivity index (χ3n) is 3.18. The average Bonchev–Trinajstić information content (AvgIpc) is 3.00. The van der Waals surface area contributed by atoms with E-state index in [4.69, 9.17) is 4.42 Å². The maximum Gasteiger partial charge on any atom is 0.108 e. The van der Waals surface area contributed by atoms with E-state index in [1.807, 2.05) is 30.3 Å². The van der Waals surface area contributed by atoms with E-state index in [0.29, 0.717) is 0 Å². The van der Waals surface area contributed by atoms with Crippen molar-refractivity contribution in [2.45, 2.75) is 6.42 Å². The van der Waals surface area contributed by atoms with Gasteiger partial charge in [0.2, 0.25) is 0 Å². The van der Waals surface area contributed by atoms with Crippen molar-refractivity contribution in [3.05, 3.63) is 95.4 Å². The summed E-state index contributed by atoms with van der Waals surface area (Å²) in [5.41, 5.74) is 3.68. The van der Waals surface area contributed by atoms with E-state index in [1.54, 1.807) is 6.26 Å². The molecule has 0 aliphatic carbocycles. The van der Waals surface area contributed by atoms with E-state index in [9.17, 15) is 0 Å². The van der Waals surface area contributed by atoms with Crippen LogP contribution in [0.25, 0.3) is 12.2 Å². The quantitative estimate of drug-likeness (QED) is 0.599. The zero-order valence-corrected chi connectivity index (χ0v) is 11.2. The Morgan fingerprint density at radius 3 is 2.35 bits per heavy atom. The number of hydrogen-bond acceptors (Lipinski definition) is 1. The highest BCUT2D eigenvalue weighted by molar-refractivity contribution is 5.69. The molecule has 0 saturated heterocycles. The van der Waals surface area contributed by atoms with Crippen LogP contribution in [0.1, 0.15) is 22.5 Å². The van der Waals surface area contributed by atoms with Crippen molar-refractivity contribution in [1.29, 1.82) is 0 Å². The zero-order valence-electron chi connectivity index (χ0n) is 11.2. The van der Waals surface area contributed by atoms with E-state index >= 15 is 0 Å². The molecule has 0 fully saturated rings. The molecule has 0 aliphatic rings. The topological polar surface area (TPSA) is 13.1 Å². The minimum Gasteiger partial charge on any atom is -0.469 e. The lowest BCUT2D eigenvalue weighted by Gasteiger charge is -2.00. The molecule has 3 aromatic rings. The second kappa shape index (κ2) is 6.07. The maximum atomic E-state index is 5.39. The molecule has 3 rings (SSSR count). The van der Waals surface area contributed by atoms with Crippen LogP contribution in [0.5, 0.6) is 0 Å². The zero-order chi connectivity index (χ0) is 13.6. The van der Waals surface area contributed by atoms with E-state index in [-0.39, 0.29) is 0 Å². The van der Waals surface area contributed by atoms with Crippen molar-refractivity contribution in [3.8, 4) is 0 Å². The Balaban J connectivity index is 1.76. The molecule has 1 heterocycles. The minimum atomic E-state index is 0.833. The fraction of sp³-hybridized carbons (Fsp3) is 0.0526. The molecule has 1 nitrogen and oxygen atoms in total. The van der Waals surface area contributed by atoms with Crippen molar-refractivity contribution < 1.29 is 4.42 Å². The molecule has 0 unspecified atom stereocenters. The molecule has 1 aromatic heterocycles. The maximum absolute atomic E-state index is 5.39. The van der Waals surface area contributed by atoms with E-state index in [2.05, 4.69) is 48.6 Å². The summed E-state index contributed by atoms with van der Waals surface area (Å²) in [4.78, 5) is 0. The van der Waals surface area contributed by atoms with Crippen molar-refractivity contribution >= 4 is 12.2 Å². The number of rotatable bonds is 4. The van der Waals surface area contributed by atoms with Gasteiger partial charge in [0.25, 0.3) is 0 Å². The first-order valence-electron chi connectivity index (χ1n) is 6.75. The number of benzene rings is 2. The molecule has 0 saturated carbocycles. The molecule has 0 bridgehead atoms. The normalized spacial score (nSPS) is 11.0. The largest absolute Gasteiger partial charge is 0.469 e. The molecular weight excluding hydrogens is 244 g/mol. The highest BCUT2D eigenvalue weighted by Crippen LogP contribution is 2.14. The molecule has 0 aliphatic heterocycles. The third-order valence-corrected chi connectivity index (χ3v) is 3.18. The second-order valence-electron chi connectivity index (χ2n) is 4.75. The summed E-state index contributed by atoms with van der Waals surface area (Å²) < 4.78 is 5.39. The summed E-state index contributed by atoms with van der Waals surface area (Å²) in [6.07, 6.45) is 6.82. The average molecular weight is 260 g/mol. The van der Waals surface area contributed by atoms with Crippen LogP contribution in [0, 0.1) is 0 Å². The predicted molar refractivity (Wildman–Crippen MR) is 83.3 cm³/mol. The summed E-state index contributed by atoms with van der Waals surface area (Å²) >= 11 is 0. The first-order valence-corrected chi connectivity index (χ1v) is 6.75. The first-order chi connectivity index (χ1) is 9.90. The standard InChI is InChI=1S/C19H16O/c1-2-6-16(7-3-1)11-12-17-8-4-9-18(14-17)15-19-10-5-13-20-19/h1-14H,15H2/b12-11+. The van der Waals surface area contributed by atoms with Crippen LogP contribution >= 0.6 is 0 Å². The molecule has 0 N–H and O–H groups in total. The summed E-state index contributed by atoms with van der Waals surface area (Å²) in [6, 6.07) is 22.8. The Hall–Kier alpha value is -2.54. The van der Waals surface area contributed by atoms with Gasteiger partial charge >= 0.3 is 0 Å². The molecular formula is C19H16O. The highest BCUT2D eigenvalue weighted by atomic mass is 16.3. The molecule has 2 aromatic carbocycles.